The van der Waals surface area contributed by atoms with E-state index < -0.39 is 8.80 Å². The van der Waals surface area contributed by atoms with E-state index in [-0.39, 0.29) is 0 Å². The van der Waals surface area contributed by atoms with Crippen LogP contribution in [0.5, 0.6) is 0 Å². The monoisotopic (exact) mass is 910 g/mol. The summed E-state index contributed by atoms with van der Waals surface area (Å²) < 4.78 is 19.7. The summed E-state index contributed by atoms with van der Waals surface area (Å²) in [7, 11) is -2.84. The molecule has 0 aliphatic carbocycles. The van der Waals surface area contributed by atoms with Gasteiger partial charge >= 0.3 is 8.80 Å². The van der Waals surface area contributed by atoms with E-state index in [1.165, 1.54) is 269 Å². The van der Waals surface area contributed by atoms with Crippen LogP contribution >= 0.6 is 11.8 Å². The highest BCUT2D eigenvalue weighted by Crippen LogP contribution is 2.26. The molecule has 2 atom stereocenters. The van der Waals surface area contributed by atoms with Gasteiger partial charge in [0.1, 0.15) is 0 Å². The van der Waals surface area contributed by atoms with Crippen LogP contribution in [0.15, 0.2) is 0 Å². The van der Waals surface area contributed by atoms with E-state index >= 15 is 0 Å². The van der Waals surface area contributed by atoms with Gasteiger partial charge < -0.3 is 8.85 Å². The van der Waals surface area contributed by atoms with Crippen LogP contribution < -0.4 is 5.48 Å². The van der Waals surface area contributed by atoms with Gasteiger partial charge in [-0.05, 0) is 38.0 Å². The maximum atomic E-state index is 12.7. The van der Waals surface area contributed by atoms with Crippen LogP contribution in [0.2, 0.25) is 6.04 Å². The van der Waals surface area contributed by atoms with Gasteiger partial charge in [0.05, 0.1) is 0 Å². The fraction of sp³-hybridized carbons (Fsp3) is 0.982. The average Bonchev–Trinajstić information content (AvgIpc) is 3.27. The smallest absolute Gasteiger partial charge is 0.373 e. The lowest BCUT2D eigenvalue weighted by molar-refractivity contribution is -0.111. The Labute approximate surface area is 394 Å². The summed E-state index contributed by atoms with van der Waals surface area (Å²) in [4.78, 5) is 12.7. The molecule has 1 heterocycles. The number of nitrogens with one attached hydrogen (secondary N) is 1. The van der Waals surface area contributed by atoms with Gasteiger partial charge in [0, 0.05) is 38.0 Å². The lowest BCUT2D eigenvalue weighted by Crippen LogP contribution is -2.52. The lowest BCUT2D eigenvalue weighted by atomic mass is 9.97. The number of carbonyl (C=O) groups is 1. The zero-order valence-corrected chi connectivity index (χ0v) is 44.3. The number of hydrogen-bond donors (Lipinski definition) is 1. The van der Waals surface area contributed by atoms with Crippen LogP contribution in [0, 0.1) is 5.92 Å². The Hall–Kier alpha value is 0.0769. The summed E-state index contributed by atoms with van der Waals surface area (Å²) >= 11 is 1.52. The van der Waals surface area contributed by atoms with Crippen LogP contribution in [0.1, 0.15) is 310 Å². The minimum atomic E-state index is -2.84. The maximum Gasteiger partial charge on any atom is 0.517 e. The topological polar surface area (TPSA) is 56.8 Å². The van der Waals surface area contributed by atoms with Crippen molar-refractivity contribution < 1.29 is 18.2 Å². The van der Waals surface area contributed by atoms with E-state index in [0.717, 1.165) is 57.2 Å². The molecule has 1 rings (SSSR count). The molecule has 1 N–H and O–H groups in total. The normalized spacial score (nSPS) is 17.1. The molecule has 1 aliphatic heterocycles. The Morgan fingerprint density at radius 3 is 1.29 bits per heavy atom. The van der Waals surface area contributed by atoms with Crippen molar-refractivity contribution in [3.05, 3.63) is 0 Å². The molecule has 0 amide bonds. The minimum absolute atomic E-state index is 0.354. The van der Waals surface area contributed by atoms with Crippen molar-refractivity contribution in [2.45, 2.75) is 316 Å². The number of rotatable bonds is 49. The first-order valence-corrected chi connectivity index (χ1v) is 31.4. The molecule has 0 saturated carbocycles. The van der Waals surface area contributed by atoms with E-state index in [1.807, 2.05) is 0 Å². The van der Waals surface area contributed by atoms with Crippen molar-refractivity contribution in [3.63, 3.8) is 0 Å². The van der Waals surface area contributed by atoms with Crippen molar-refractivity contribution in [1.29, 1.82) is 0 Å². The van der Waals surface area contributed by atoms with Gasteiger partial charge in [-0.3, -0.25) is 9.32 Å². The van der Waals surface area contributed by atoms with Crippen LogP contribution in [-0.4, -0.2) is 39.4 Å². The third-order valence-corrected chi connectivity index (χ3v) is 17.3. The number of unbranched alkanes of at least 4 members (excludes halogenated alkanes) is 38. The molecule has 2 unspecified atom stereocenters. The Balaban J connectivity index is 2.28. The molecular formula is C55H111NO4SSi. The fourth-order valence-corrected chi connectivity index (χ4v) is 12.7. The predicted molar refractivity (Wildman–Crippen MR) is 277 cm³/mol. The summed E-state index contributed by atoms with van der Waals surface area (Å²) in [6, 6.07) is 0.793. The molecule has 0 aromatic carbocycles. The highest BCUT2D eigenvalue weighted by Gasteiger charge is 2.42. The summed E-state index contributed by atoms with van der Waals surface area (Å²) in [5.74, 6) is 1.44. The van der Waals surface area contributed by atoms with Crippen molar-refractivity contribution in [3.8, 4) is 0 Å². The summed E-state index contributed by atoms with van der Waals surface area (Å²) in [6.45, 7) is 9.24. The van der Waals surface area contributed by atoms with Crippen LogP contribution in [0.3, 0.4) is 0 Å². The van der Waals surface area contributed by atoms with Gasteiger partial charge in [0.25, 0.3) is 0 Å². The molecule has 5 nitrogen and oxygen atoms in total. The van der Waals surface area contributed by atoms with E-state index in [0.29, 0.717) is 17.5 Å². The van der Waals surface area contributed by atoms with E-state index in [2.05, 4.69) is 26.3 Å². The third kappa shape index (κ3) is 41.5. The number of hydrogen-bond acceptors (Lipinski definition) is 6. The molecule has 1 saturated heterocycles. The summed E-state index contributed by atoms with van der Waals surface area (Å²) in [6.07, 6.45) is 60.2. The second-order valence-electron chi connectivity index (χ2n) is 19.8. The average molecular weight is 911 g/mol. The van der Waals surface area contributed by atoms with Gasteiger partial charge in [0.15, 0.2) is 5.12 Å². The molecule has 62 heavy (non-hydrogen) atoms. The van der Waals surface area contributed by atoms with Gasteiger partial charge in [0.2, 0.25) is 0 Å². The van der Waals surface area contributed by atoms with E-state index in [4.69, 9.17) is 13.4 Å². The highest BCUT2D eigenvalue weighted by molar-refractivity contribution is 8.13. The minimum Gasteiger partial charge on any atom is -0.373 e. The quantitative estimate of drug-likeness (QED) is 0.0485. The summed E-state index contributed by atoms with van der Waals surface area (Å²) in [5, 5.41) is 0.354. The lowest BCUT2D eigenvalue weighted by Gasteiger charge is -2.33. The standard InChI is InChI=1S/C55H111NO4SSi/c1-4-7-10-13-16-19-21-23-25-27-29-31-34-36-39-42-46-54-48-50-59-62(60-56-53-54,52-45-51-61-55(57)47-43-40-37-33-18-15-12-9-6-3)58-49-44-41-38-35-32-30-28-26-24-22-20-17-14-11-8-5-2/h54,56H,4-53H2,1-3H3. The zero-order valence-electron chi connectivity index (χ0n) is 42.5. The molecule has 0 aromatic rings. The van der Waals surface area contributed by atoms with E-state index in [9.17, 15) is 4.79 Å². The van der Waals surface area contributed by atoms with Crippen molar-refractivity contribution in [2.75, 3.05) is 25.5 Å². The molecule has 1 aliphatic rings. The first kappa shape index (κ1) is 60.1. The SMILES string of the molecule is CCCCCCCCCCCCCCCCCCO[Si]1(CCCSC(=O)CCCCCCCCCCC)OCCC(CCCCCCCCCCCCCCCCCC)CNO1. The molecule has 0 aromatic heterocycles. The zero-order chi connectivity index (χ0) is 44.5. The van der Waals surface area contributed by atoms with E-state index in [1.54, 1.807) is 0 Å². The Bertz CT molecular complexity index is 885. The number of thioether (sulfide) groups is 1. The van der Waals surface area contributed by atoms with Crippen LogP contribution in [-0.2, 0) is 18.2 Å². The van der Waals surface area contributed by atoms with Crippen molar-refractivity contribution in [1.82, 2.24) is 5.48 Å². The first-order valence-electron chi connectivity index (χ1n) is 28.5. The molecule has 7 heteroatoms. The first-order chi connectivity index (χ1) is 30.7. The van der Waals surface area contributed by atoms with Gasteiger partial charge in [-0.1, -0.05) is 283 Å². The second-order valence-corrected chi connectivity index (χ2v) is 23.6. The Morgan fingerprint density at radius 1 is 0.500 bits per heavy atom. The van der Waals surface area contributed by atoms with Crippen LogP contribution in [0.4, 0.5) is 0 Å². The highest BCUT2D eigenvalue weighted by atomic mass is 32.2. The number of carbonyl (C=O) groups excluding carboxylic acids is 1. The molecule has 370 valence electrons. The molecular weight excluding hydrogens is 799 g/mol. The molecule has 0 spiro atoms. The molecule has 0 radical (unpaired) electrons. The predicted octanol–water partition coefficient (Wildman–Crippen LogP) is 19.0. The molecule has 1 fully saturated rings. The Kier molecular flexibility index (Phi) is 47.5. The van der Waals surface area contributed by atoms with Crippen molar-refractivity contribution >= 4 is 25.7 Å². The largest absolute Gasteiger partial charge is 0.517 e. The maximum absolute atomic E-state index is 12.7. The van der Waals surface area contributed by atoms with Gasteiger partial charge in [-0.15, -0.1) is 0 Å². The second kappa shape index (κ2) is 49.0. The third-order valence-electron chi connectivity index (χ3n) is 13.6. The Morgan fingerprint density at radius 2 is 0.871 bits per heavy atom. The fourth-order valence-electron chi connectivity index (χ4n) is 9.28. The van der Waals surface area contributed by atoms with Gasteiger partial charge in [-0.2, -0.15) is 0 Å². The summed E-state index contributed by atoms with van der Waals surface area (Å²) in [5.41, 5.74) is 3.39. The van der Waals surface area contributed by atoms with Crippen LogP contribution in [0.25, 0.3) is 0 Å². The number of hydroxylamine groups is 1. The van der Waals surface area contributed by atoms with Crippen molar-refractivity contribution in [2.24, 2.45) is 5.92 Å². The molecule has 0 bridgehead atoms. The van der Waals surface area contributed by atoms with Gasteiger partial charge in [-0.25, -0.2) is 5.48 Å².